The van der Waals surface area contributed by atoms with Crippen LogP contribution in [0.4, 0.5) is 5.69 Å². The molecule has 0 saturated carbocycles. The molecule has 2 aliphatic rings. The van der Waals surface area contributed by atoms with E-state index in [0.717, 1.165) is 22.4 Å². The summed E-state index contributed by atoms with van der Waals surface area (Å²) in [6, 6.07) is 22.6. The van der Waals surface area contributed by atoms with Crippen LogP contribution in [0.5, 0.6) is 0 Å². The molecule has 0 aliphatic carbocycles. The molecule has 3 aromatic carbocycles. The maximum Gasteiger partial charge on any atom is 0.300 e. The number of carbonyl (C=O) groups is 1. The molecule has 0 unspecified atom stereocenters. The smallest absolute Gasteiger partial charge is 0.280 e. The largest absolute Gasteiger partial charge is 0.300 e. The SMILES string of the molecule is Cc1cccc2c1N1C(=O)c3ccccc3[C@H]1n1nc(-c3ccccc3)c(=O)nc1-2. The van der Waals surface area contributed by atoms with Gasteiger partial charge in [-0.1, -0.05) is 60.7 Å². The minimum atomic E-state index is -0.479. The van der Waals surface area contributed by atoms with Gasteiger partial charge in [0.1, 0.15) is 0 Å². The van der Waals surface area contributed by atoms with Crippen molar-refractivity contribution in [1.29, 1.82) is 0 Å². The fraction of sp³-hybridized carbons (Fsp3) is 0.0833. The van der Waals surface area contributed by atoms with Gasteiger partial charge in [-0.05, 0) is 24.6 Å². The van der Waals surface area contributed by atoms with E-state index in [-0.39, 0.29) is 17.2 Å². The highest BCUT2D eigenvalue weighted by Gasteiger charge is 2.45. The van der Waals surface area contributed by atoms with E-state index >= 15 is 0 Å². The van der Waals surface area contributed by atoms with Crippen LogP contribution in [0, 0.1) is 6.92 Å². The highest BCUT2D eigenvalue weighted by atomic mass is 16.2. The van der Waals surface area contributed by atoms with Gasteiger partial charge >= 0.3 is 0 Å². The first-order valence-corrected chi connectivity index (χ1v) is 9.74. The number of hydrogen-bond acceptors (Lipinski definition) is 4. The predicted octanol–water partition coefficient (Wildman–Crippen LogP) is 3.80. The Hall–Kier alpha value is -4.06. The molecule has 2 aliphatic heterocycles. The lowest BCUT2D eigenvalue weighted by Gasteiger charge is -2.35. The van der Waals surface area contributed by atoms with Crippen LogP contribution in [-0.2, 0) is 0 Å². The lowest BCUT2D eigenvalue weighted by molar-refractivity contribution is 0.0986. The summed E-state index contributed by atoms with van der Waals surface area (Å²) in [6.07, 6.45) is -0.479. The van der Waals surface area contributed by atoms with E-state index in [9.17, 15) is 9.59 Å². The maximum atomic E-state index is 13.4. The summed E-state index contributed by atoms with van der Waals surface area (Å²) in [4.78, 5) is 32.5. The Morgan fingerprint density at radius 1 is 0.833 bits per heavy atom. The van der Waals surface area contributed by atoms with Gasteiger partial charge in [0.2, 0.25) is 0 Å². The first-order chi connectivity index (χ1) is 14.6. The fourth-order valence-electron chi connectivity index (χ4n) is 4.45. The summed E-state index contributed by atoms with van der Waals surface area (Å²) in [5.74, 6) is 0.405. The van der Waals surface area contributed by atoms with Crippen LogP contribution in [0.25, 0.3) is 22.6 Å². The van der Waals surface area contributed by atoms with Crippen LogP contribution < -0.4 is 10.5 Å². The standard InChI is InChI=1S/C24H16N4O2/c1-14-8-7-13-18-20(14)27-23(16-11-5-6-12-17(16)24(27)30)28-21(18)25-22(29)19(26-28)15-9-3-2-4-10-15/h2-13,23H,1H3/t23-/m1/s1. The molecule has 6 nitrogen and oxygen atoms in total. The number of fused-ring (bicyclic) bond motifs is 8. The number of rotatable bonds is 1. The van der Waals surface area contributed by atoms with Gasteiger partial charge < -0.3 is 0 Å². The molecule has 0 saturated heterocycles. The minimum Gasteiger partial charge on any atom is -0.280 e. The predicted molar refractivity (Wildman–Crippen MR) is 113 cm³/mol. The third-order valence-electron chi connectivity index (χ3n) is 5.77. The van der Waals surface area contributed by atoms with Crippen molar-refractivity contribution < 1.29 is 4.79 Å². The zero-order valence-electron chi connectivity index (χ0n) is 16.1. The molecule has 6 rings (SSSR count). The molecule has 0 spiro atoms. The number of para-hydroxylation sites is 1. The first-order valence-electron chi connectivity index (χ1n) is 9.74. The Morgan fingerprint density at radius 3 is 2.40 bits per heavy atom. The molecule has 0 radical (unpaired) electrons. The van der Waals surface area contributed by atoms with Crippen molar-refractivity contribution in [3.8, 4) is 22.6 Å². The molecule has 1 atom stereocenters. The summed E-state index contributed by atoms with van der Waals surface area (Å²) in [5.41, 5.74) is 4.55. The highest BCUT2D eigenvalue weighted by Crippen LogP contribution is 2.47. The summed E-state index contributed by atoms with van der Waals surface area (Å²) in [6.45, 7) is 1.96. The van der Waals surface area contributed by atoms with Crippen molar-refractivity contribution in [2.75, 3.05) is 4.90 Å². The second-order valence-corrected chi connectivity index (χ2v) is 7.51. The average Bonchev–Trinajstić information content (AvgIpc) is 3.07. The summed E-state index contributed by atoms with van der Waals surface area (Å²) in [7, 11) is 0. The Balaban J connectivity index is 1.72. The quantitative estimate of drug-likeness (QED) is 0.494. The van der Waals surface area contributed by atoms with Gasteiger partial charge in [0.25, 0.3) is 11.5 Å². The van der Waals surface area contributed by atoms with Crippen LogP contribution in [-0.4, -0.2) is 20.7 Å². The van der Waals surface area contributed by atoms with Crippen LogP contribution in [0.3, 0.4) is 0 Å². The minimum absolute atomic E-state index is 0.0708. The molecule has 0 fully saturated rings. The molecule has 1 aromatic heterocycles. The molecular weight excluding hydrogens is 376 g/mol. The van der Waals surface area contributed by atoms with Gasteiger partial charge in [0, 0.05) is 22.3 Å². The molecule has 144 valence electrons. The average molecular weight is 392 g/mol. The molecular formula is C24H16N4O2. The molecule has 1 amide bonds. The number of nitrogens with zero attached hydrogens (tertiary/aromatic N) is 4. The van der Waals surface area contributed by atoms with Crippen molar-refractivity contribution >= 4 is 11.6 Å². The van der Waals surface area contributed by atoms with Crippen molar-refractivity contribution in [3.05, 3.63) is 99.8 Å². The van der Waals surface area contributed by atoms with Crippen LogP contribution in [0.15, 0.2) is 77.6 Å². The number of amides is 1. The zero-order valence-corrected chi connectivity index (χ0v) is 16.1. The van der Waals surface area contributed by atoms with Crippen molar-refractivity contribution in [3.63, 3.8) is 0 Å². The number of carbonyl (C=O) groups excluding carboxylic acids is 1. The van der Waals surface area contributed by atoms with Gasteiger partial charge in [-0.15, -0.1) is 0 Å². The monoisotopic (exact) mass is 392 g/mol. The number of anilines is 1. The van der Waals surface area contributed by atoms with E-state index in [0.29, 0.717) is 17.0 Å². The summed E-state index contributed by atoms with van der Waals surface area (Å²) < 4.78 is 1.72. The topological polar surface area (TPSA) is 68.1 Å². The maximum absolute atomic E-state index is 13.4. The van der Waals surface area contributed by atoms with Crippen molar-refractivity contribution in [2.45, 2.75) is 13.1 Å². The van der Waals surface area contributed by atoms with Crippen molar-refractivity contribution in [1.82, 2.24) is 14.8 Å². The lowest BCUT2D eigenvalue weighted by atomic mass is 10.0. The molecule has 30 heavy (non-hydrogen) atoms. The summed E-state index contributed by atoms with van der Waals surface area (Å²) >= 11 is 0. The number of aryl methyl sites for hydroxylation is 1. The van der Waals surface area contributed by atoms with Crippen LogP contribution >= 0.6 is 0 Å². The number of benzene rings is 3. The first kappa shape index (κ1) is 16.9. The fourth-order valence-corrected chi connectivity index (χ4v) is 4.45. The second kappa shape index (κ2) is 5.97. The van der Waals surface area contributed by atoms with Crippen LogP contribution in [0.1, 0.15) is 27.7 Å². The van der Waals surface area contributed by atoms with E-state index < -0.39 is 6.17 Å². The second-order valence-electron chi connectivity index (χ2n) is 7.51. The zero-order chi connectivity index (χ0) is 20.4. The van der Waals surface area contributed by atoms with Gasteiger partial charge in [-0.2, -0.15) is 10.1 Å². The third kappa shape index (κ3) is 2.13. The number of aromatic nitrogens is 3. The third-order valence-corrected chi connectivity index (χ3v) is 5.77. The summed E-state index contributed by atoms with van der Waals surface area (Å²) in [5, 5.41) is 4.74. The van der Waals surface area contributed by atoms with Crippen LogP contribution in [0.2, 0.25) is 0 Å². The normalized spacial score (nSPS) is 16.0. The van der Waals surface area contributed by atoms with Crippen molar-refractivity contribution in [2.24, 2.45) is 0 Å². The van der Waals surface area contributed by atoms with Gasteiger partial charge in [0.15, 0.2) is 17.7 Å². The highest BCUT2D eigenvalue weighted by molar-refractivity contribution is 6.13. The van der Waals surface area contributed by atoms with E-state index in [4.69, 9.17) is 5.10 Å². The van der Waals surface area contributed by atoms with E-state index in [1.807, 2.05) is 79.7 Å². The van der Waals surface area contributed by atoms with E-state index in [1.165, 1.54) is 0 Å². The van der Waals surface area contributed by atoms with Gasteiger partial charge in [-0.3, -0.25) is 14.5 Å². The Morgan fingerprint density at radius 2 is 1.57 bits per heavy atom. The Kier molecular flexibility index (Phi) is 3.35. The van der Waals surface area contributed by atoms with Gasteiger partial charge in [-0.25, -0.2) is 4.68 Å². The molecule has 0 bridgehead atoms. The lowest BCUT2D eigenvalue weighted by Crippen LogP contribution is -2.39. The van der Waals surface area contributed by atoms with E-state index in [2.05, 4.69) is 4.98 Å². The number of hydrogen-bond donors (Lipinski definition) is 0. The molecule has 4 aromatic rings. The molecule has 0 N–H and O–H groups in total. The molecule has 6 heteroatoms. The Bertz CT molecular complexity index is 1410. The Labute approximate surface area is 172 Å². The van der Waals surface area contributed by atoms with E-state index in [1.54, 1.807) is 9.58 Å². The van der Waals surface area contributed by atoms with Gasteiger partial charge in [0.05, 0.1) is 5.69 Å². The molecule has 3 heterocycles.